The average molecular weight is 817 g/mol. The van der Waals surface area contributed by atoms with E-state index in [1.54, 1.807) is 0 Å². The molecule has 6 heteroatoms. The highest BCUT2D eigenvalue weighted by molar-refractivity contribution is 5.71. The summed E-state index contributed by atoms with van der Waals surface area (Å²) in [6, 6.07) is 0. The Morgan fingerprint density at radius 3 is 1.03 bits per heavy atom. The first-order valence-corrected chi connectivity index (χ1v) is 23.4. The summed E-state index contributed by atoms with van der Waals surface area (Å²) in [5, 5.41) is 0. The number of hydrogen-bond donors (Lipinski definition) is 0. The second-order valence-corrected chi connectivity index (χ2v) is 14.9. The number of unbranched alkanes of at least 4 members (excludes halogenated alkanes) is 11. The van der Waals surface area contributed by atoms with Crippen LogP contribution in [0, 0.1) is 0 Å². The molecular weight excluding hydrogens is 733 g/mol. The largest absolute Gasteiger partial charge is 0.462 e. The Balaban J connectivity index is 4.29. The Bertz CT molecular complexity index is 1260. The molecule has 0 rings (SSSR count). The fraction of sp³-hybridized carbons (Fsp3) is 0.604. The number of allylic oxidation sites excluding steroid dienone is 18. The van der Waals surface area contributed by atoms with Gasteiger partial charge < -0.3 is 14.2 Å². The first-order valence-electron chi connectivity index (χ1n) is 23.4. The van der Waals surface area contributed by atoms with E-state index < -0.39 is 6.10 Å². The van der Waals surface area contributed by atoms with Gasteiger partial charge in [0.25, 0.3) is 0 Å². The van der Waals surface area contributed by atoms with Gasteiger partial charge in [-0.2, -0.15) is 0 Å². The molecule has 0 amide bonds. The van der Waals surface area contributed by atoms with E-state index in [1.165, 1.54) is 0 Å². The first kappa shape index (κ1) is 55.1. The van der Waals surface area contributed by atoms with E-state index in [2.05, 4.69) is 130 Å². The minimum atomic E-state index is -0.801. The van der Waals surface area contributed by atoms with Crippen molar-refractivity contribution in [3.63, 3.8) is 0 Å². The molecule has 6 nitrogen and oxygen atoms in total. The van der Waals surface area contributed by atoms with Gasteiger partial charge in [0, 0.05) is 19.3 Å². The van der Waals surface area contributed by atoms with Crippen LogP contribution in [0.3, 0.4) is 0 Å². The Morgan fingerprint density at radius 1 is 0.356 bits per heavy atom. The molecule has 0 aromatic heterocycles. The summed E-state index contributed by atoms with van der Waals surface area (Å²) < 4.78 is 16.6. The summed E-state index contributed by atoms with van der Waals surface area (Å²) in [7, 11) is 0. The number of carbonyl (C=O) groups is 3. The molecule has 0 spiro atoms. The quantitative estimate of drug-likeness (QED) is 0.0265. The van der Waals surface area contributed by atoms with Gasteiger partial charge in [-0.1, -0.05) is 175 Å². The molecule has 0 fully saturated rings. The van der Waals surface area contributed by atoms with Gasteiger partial charge in [-0.15, -0.1) is 0 Å². The highest BCUT2D eigenvalue weighted by Crippen LogP contribution is 2.11. The molecule has 1 atom stereocenters. The summed E-state index contributed by atoms with van der Waals surface area (Å²) in [5.74, 6) is -0.983. The lowest BCUT2D eigenvalue weighted by Crippen LogP contribution is -2.30. The third-order valence-corrected chi connectivity index (χ3v) is 9.27. The van der Waals surface area contributed by atoms with Crippen molar-refractivity contribution < 1.29 is 28.6 Å². The van der Waals surface area contributed by atoms with Crippen LogP contribution in [0.15, 0.2) is 109 Å². The fourth-order valence-corrected chi connectivity index (χ4v) is 5.81. The molecule has 0 aromatic rings. The van der Waals surface area contributed by atoms with Crippen LogP contribution in [0.1, 0.15) is 188 Å². The van der Waals surface area contributed by atoms with Gasteiger partial charge in [-0.05, 0) is 103 Å². The summed E-state index contributed by atoms with van der Waals surface area (Å²) in [6.07, 6.45) is 62.5. The summed E-state index contributed by atoms with van der Waals surface area (Å²) in [4.78, 5) is 37.5. The topological polar surface area (TPSA) is 78.9 Å². The van der Waals surface area contributed by atoms with Gasteiger partial charge in [0.15, 0.2) is 6.10 Å². The number of ether oxygens (including phenoxy) is 3. The molecule has 0 aliphatic rings. The van der Waals surface area contributed by atoms with Crippen molar-refractivity contribution in [3.05, 3.63) is 109 Å². The average Bonchev–Trinajstić information content (AvgIpc) is 3.23. The zero-order valence-corrected chi connectivity index (χ0v) is 37.7. The standard InChI is InChI=1S/C53H84O6/c1-4-7-10-13-15-17-19-21-22-23-24-25-26-27-28-29-30-32-33-35-37-40-43-46-52(55)58-49-50(48-57-51(54)45-42-39-12-9-6-3)59-53(56)47-44-41-38-36-34-31-20-18-16-14-11-8-5-2/h7-8,10-11,15-18,21-22,24-25,27-28,30-32,34,50H,4-6,9,12-14,19-20,23,26,29,33,35-49H2,1-3H3/b10-7-,11-8-,17-15-,18-16-,22-21-,25-24-,28-27-,32-30-,34-31-. The maximum atomic E-state index is 12.7. The Hall–Kier alpha value is -3.93. The highest BCUT2D eigenvalue weighted by atomic mass is 16.6. The molecule has 0 N–H and O–H groups in total. The zero-order valence-electron chi connectivity index (χ0n) is 37.7. The van der Waals surface area contributed by atoms with Gasteiger partial charge in [0.2, 0.25) is 0 Å². The SMILES string of the molecule is CC/C=C\C/C=C\C/C=C\C/C=C\C/C=C\C/C=C\CCCCCCC(=O)OCC(COC(=O)CCCCCCC)OC(=O)CCCCC/C=C\C/C=C\C/C=C\CC. The lowest BCUT2D eigenvalue weighted by molar-refractivity contribution is -0.167. The molecule has 0 saturated heterocycles. The maximum Gasteiger partial charge on any atom is 0.306 e. The van der Waals surface area contributed by atoms with Crippen LogP contribution in [-0.2, 0) is 28.6 Å². The molecule has 59 heavy (non-hydrogen) atoms. The van der Waals surface area contributed by atoms with Crippen molar-refractivity contribution in [2.24, 2.45) is 0 Å². The van der Waals surface area contributed by atoms with Crippen LogP contribution < -0.4 is 0 Å². The molecule has 0 aromatic carbocycles. The Morgan fingerprint density at radius 2 is 0.661 bits per heavy atom. The second kappa shape index (κ2) is 46.8. The first-order chi connectivity index (χ1) is 29.0. The van der Waals surface area contributed by atoms with Crippen LogP contribution >= 0.6 is 0 Å². The third-order valence-electron chi connectivity index (χ3n) is 9.27. The molecule has 0 radical (unpaired) electrons. The minimum absolute atomic E-state index is 0.102. The van der Waals surface area contributed by atoms with Crippen molar-refractivity contribution >= 4 is 17.9 Å². The van der Waals surface area contributed by atoms with Crippen molar-refractivity contribution in [1.29, 1.82) is 0 Å². The molecule has 0 aliphatic heterocycles. The fourth-order valence-electron chi connectivity index (χ4n) is 5.81. The molecular formula is C53H84O6. The second-order valence-electron chi connectivity index (χ2n) is 14.9. The van der Waals surface area contributed by atoms with Crippen LogP contribution in [0.5, 0.6) is 0 Å². The third kappa shape index (κ3) is 45.0. The molecule has 0 bridgehead atoms. The van der Waals surface area contributed by atoms with Crippen molar-refractivity contribution in [1.82, 2.24) is 0 Å². The smallest absolute Gasteiger partial charge is 0.306 e. The number of rotatable bonds is 40. The predicted octanol–water partition coefficient (Wildman–Crippen LogP) is 15.2. The van der Waals surface area contributed by atoms with E-state index in [1.807, 2.05) is 0 Å². The van der Waals surface area contributed by atoms with Crippen LogP contribution in [0.4, 0.5) is 0 Å². The van der Waals surface area contributed by atoms with Crippen LogP contribution in [-0.4, -0.2) is 37.2 Å². The Kier molecular flexibility index (Phi) is 43.6. The van der Waals surface area contributed by atoms with Gasteiger partial charge in [0.1, 0.15) is 13.2 Å². The van der Waals surface area contributed by atoms with Gasteiger partial charge in [0.05, 0.1) is 0 Å². The summed E-state index contributed by atoms with van der Waals surface area (Å²) in [5.41, 5.74) is 0. The van der Waals surface area contributed by atoms with Gasteiger partial charge in [-0.3, -0.25) is 14.4 Å². The van der Waals surface area contributed by atoms with Crippen molar-refractivity contribution in [3.8, 4) is 0 Å². The highest BCUT2D eigenvalue weighted by Gasteiger charge is 2.19. The molecule has 0 saturated carbocycles. The van der Waals surface area contributed by atoms with Gasteiger partial charge >= 0.3 is 17.9 Å². The normalized spacial score (nSPS) is 13.1. The predicted molar refractivity (Wildman–Crippen MR) is 251 cm³/mol. The minimum Gasteiger partial charge on any atom is -0.462 e. The number of esters is 3. The summed E-state index contributed by atoms with van der Waals surface area (Å²) >= 11 is 0. The number of carbonyl (C=O) groups excluding carboxylic acids is 3. The Labute approximate surface area is 361 Å². The molecule has 332 valence electrons. The van der Waals surface area contributed by atoms with E-state index >= 15 is 0 Å². The lowest BCUT2D eigenvalue weighted by atomic mass is 10.1. The summed E-state index contributed by atoms with van der Waals surface area (Å²) in [6.45, 7) is 6.24. The van der Waals surface area contributed by atoms with Crippen molar-refractivity contribution in [2.75, 3.05) is 13.2 Å². The van der Waals surface area contributed by atoms with Crippen LogP contribution in [0.25, 0.3) is 0 Å². The molecule has 1 unspecified atom stereocenters. The van der Waals surface area contributed by atoms with E-state index in [0.29, 0.717) is 12.8 Å². The van der Waals surface area contributed by atoms with Crippen LogP contribution in [0.2, 0.25) is 0 Å². The monoisotopic (exact) mass is 817 g/mol. The molecule has 0 aliphatic carbocycles. The van der Waals surface area contributed by atoms with E-state index in [-0.39, 0.29) is 37.5 Å². The van der Waals surface area contributed by atoms with E-state index in [0.717, 1.165) is 148 Å². The van der Waals surface area contributed by atoms with E-state index in [9.17, 15) is 14.4 Å². The van der Waals surface area contributed by atoms with E-state index in [4.69, 9.17) is 14.2 Å². The number of hydrogen-bond acceptors (Lipinski definition) is 6. The molecule has 0 heterocycles. The maximum absolute atomic E-state index is 12.7. The zero-order chi connectivity index (χ0) is 43.0. The van der Waals surface area contributed by atoms with Gasteiger partial charge in [-0.25, -0.2) is 0 Å². The van der Waals surface area contributed by atoms with Crippen molar-refractivity contribution in [2.45, 2.75) is 194 Å². The lowest BCUT2D eigenvalue weighted by Gasteiger charge is -2.18.